The summed E-state index contributed by atoms with van der Waals surface area (Å²) in [4.78, 5) is 12.1. The van der Waals surface area contributed by atoms with Crippen LogP contribution in [0.15, 0.2) is 12.1 Å². The predicted octanol–water partition coefficient (Wildman–Crippen LogP) is 2.17. The lowest BCUT2D eigenvalue weighted by Crippen LogP contribution is -2.38. The second-order valence-electron chi connectivity index (χ2n) is 5.63. The van der Waals surface area contributed by atoms with E-state index < -0.39 is 23.2 Å². The van der Waals surface area contributed by atoms with Crippen molar-refractivity contribution >= 4 is 11.6 Å². The molecule has 0 heterocycles. The Balaban J connectivity index is 1.76. The third-order valence-electron chi connectivity index (χ3n) is 4.01. The third kappa shape index (κ3) is 2.60. The van der Waals surface area contributed by atoms with Gasteiger partial charge in [-0.2, -0.15) is 0 Å². The number of amides is 1. The SMILES string of the molecule is NNc1c(F)cc(C(=O)NC(C2CC2)C2CC2)cc1F. The average molecular weight is 281 g/mol. The van der Waals surface area contributed by atoms with Gasteiger partial charge < -0.3 is 10.7 Å². The Hall–Kier alpha value is -1.69. The molecule has 2 aliphatic carbocycles. The summed E-state index contributed by atoms with van der Waals surface area (Å²) in [6.07, 6.45) is 4.50. The van der Waals surface area contributed by atoms with Crippen molar-refractivity contribution in [1.29, 1.82) is 0 Å². The summed E-state index contributed by atoms with van der Waals surface area (Å²) in [6.45, 7) is 0. The smallest absolute Gasteiger partial charge is 0.251 e. The van der Waals surface area contributed by atoms with Crippen molar-refractivity contribution in [3.05, 3.63) is 29.3 Å². The van der Waals surface area contributed by atoms with Crippen LogP contribution in [0.3, 0.4) is 0 Å². The number of nitrogen functional groups attached to an aromatic ring is 1. The minimum atomic E-state index is -0.868. The lowest BCUT2D eigenvalue weighted by molar-refractivity contribution is 0.0925. The number of halogens is 2. The summed E-state index contributed by atoms with van der Waals surface area (Å²) in [7, 11) is 0. The Morgan fingerprint density at radius 1 is 1.15 bits per heavy atom. The molecule has 2 fully saturated rings. The van der Waals surface area contributed by atoms with Gasteiger partial charge in [-0.05, 0) is 49.7 Å². The third-order valence-corrected chi connectivity index (χ3v) is 4.01. The highest BCUT2D eigenvalue weighted by molar-refractivity contribution is 5.95. The summed E-state index contributed by atoms with van der Waals surface area (Å²) in [5.74, 6) is 3.93. The minimum absolute atomic E-state index is 0.00898. The maximum Gasteiger partial charge on any atom is 0.251 e. The molecule has 1 aromatic carbocycles. The molecular weight excluding hydrogens is 264 g/mol. The molecule has 0 bridgehead atoms. The van der Waals surface area contributed by atoms with Gasteiger partial charge in [-0.15, -0.1) is 0 Å². The first-order valence-corrected chi connectivity index (χ1v) is 6.86. The van der Waals surface area contributed by atoms with E-state index in [1.54, 1.807) is 0 Å². The molecule has 3 rings (SSSR count). The molecule has 1 aromatic rings. The van der Waals surface area contributed by atoms with E-state index in [4.69, 9.17) is 5.84 Å². The van der Waals surface area contributed by atoms with E-state index in [9.17, 15) is 13.6 Å². The molecule has 6 heteroatoms. The first kappa shape index (κ1) is 13.3. The zero-order chi connectivity index (χ0) is 14.3. The Morgan fingerprint density at radius 3 is 2.05 bits per heavy atom. The standard InChI is InChI=1S/C14H17F2N3O/c15-10-5-9(6-11(16)13(10)19-17)14(20)18-12(7-1-2-7)8-3-4-8/h5-8,12,19H,1-4,17H2,(H,18,20). The largest absolute Gasteiger partial charge is 0.349 e. The van der Waals surface area contributed by atoms with Gasteiger partial charge in [0.25, 0.3) is 5.91 Å². The van der Waals surface area contributed by atoms with Crippen LogP contribution < -0.4 is 16.6 Å². The second kappa shape index (κ2) is 5.01. The van der Waals surface area contributed by atoms with Gasteiger partial charge in [0.2, 0.25) is 0 Å². The fourth-order valence-electron chi connectivity index (χ4n) is 2.61. The second-order valence-corrected chi connectivity index (χ2v) is 5.63. The Kier molecular flexibility index (Phi) is 3.33. The molecule has 20 heavy (non-hydrogen) atoms. The summed E-state index contributed by atoms with van der Waals surface area (Å²) >= 11 is 0. The molecule has 0 unspecified atom stereocenters. The summed E-state index contributed by atoms with van der Waals surface area (Å²) in [5.41, 5.74) is 1.51. The number of carbonyl (C=O) groups is 1. The van der Waals surface area contributed by atoms with E-state index in [0.29, 0.717) is 11.8 Å². The molecule has 4 nitrogen and oxygen atoms in total. The minimum Gasteiger partial charge on any atom is -0.349 e. The fraction of sp³-hybridized carbons (Fsp3) is 0.500. The van der Waals surface area contributed by atoms with Gasteiger partial charge >= 0.3 is 0 Å². The molecule has 0 aromatic heterocycles. The van der Waals surface area contributed by atoms with E-state index >= 15 is 0 Å². The summed E-state index contributed by atoms with van der Waals surface area (Å²) < 4.78 is 27.2. The lowest BCUT2D eigenvalue weighted by atomic mass is 10.1. The first-order chi connectivity index (χ1) is 9.60. The van der Waals surface area contributed by atoms with Crippen LogP contribution in [0.25, 0.3) is 0 Å². The number of rotatable bonds is 5. The van der Waals surface area contributed by atoms with E-state index in [2.05, 4.69) is 5.32 Å². The normalized spacial score (nSPS) is 18.2. The monoisotopic (exact) mass is 281 g/mol. The average Bonchev–Trinajstić information content (AvgIpc) is 3.28. The van der Waals surface area contributed by atoms with Gasteiger partial charge in [0.15, 0.2) is 11.6 Å². The molecule has 0 aliphatic heterocycles. The van der Waals surface area contributed by atoms with Crippen LogP contribution in [0, 0.1) is 23.5 Å². The highest BCUT2D eigenvalue weighted by atomic mass is 19.1. The van der Waals surface area contributed by atoms with Crippen molar-refractivity contribution < 1.29 is 13.6 Å². The van der Waals surface area contributed by atoms with Crippen molar-refractivity contribution in [1.82, 2.24) is 5.32 Å². The number of nitrogens with one attached hydrogen (secondary N) is 2. The zero-order valence-corrected chi connectivity index (χ0v) is 11.0. The van der Waals surface area contributed by atoms with Crippen LogP contribution in [0.4, 0.5) is 14.5 Å². The van der Waals surface area contributed by atoms with Crippen molar-refractivity contribution in [2.75, 3.05) is 5.43 Å². The number of benzene rings is 1. The van der Waals surface area contributed by atoms with Crippen LogP contribution in [0.2, 0.25) is 0 Å². The van der Waals surface area contributed by atoms with Crippen molar-refractivity contribution in [3.8, 4) is 0 Å². The Bertz CT molecular complexity index is 506. The maximum absolute atomic E-state index is 13.6. The number of hydrazine groups is 1. The van der Waals surface area contributed by atoms with E-state index in [0.717, 1.165) is 37.8 Å². The predicted molar refractivity (Wildman–Crippen MR) is 70.9 cm³/mol. The molecule has 108 valence electrons. The highest BCUT2D eigenvalue weighted by Crippen LogP contribution is 2.44. The Morgan fingerprint density at radius 2 is 1.65 bits per heavy atom. The fourth-order valence-corrected chi connectivity index (χ4v) is 2.61. The summed E-state index contributed by atoms with van der Waals surface area (Å²) in [6, 6.07) is 2.16. The van der Waals surface area contributed by atoms with Gasteiger partial charge in [-0.3, -0.25) is 10.6 Å². The maximum atomic E-state index is 13.6. The van der Waals surface area contributed by atoms with Crippen LogP contribution in [0.1, 0.15) is 36.0 Å². The zero-order valence-electron chi connectivity index (χ0n) is 11.0. The summed E-state index contributed by atoms with van der Waals surface area (Å²) in [5, 5.41) is 2.93. The Labute approximate surface area is 115 Å². The van der Waals surface area contributed by atoms with E-state index in [1.807, 2.05) is 5.43 Å². The highest BCUT2D eigenvalue weighted by Gasteiger charge is 2.42. The lowest BCUT2D eigenvalue weighted by Gasteiger charge is -2.18. The number of hydrogen-bond donors (Lipinski definition) is 3. The number of nitrogens with two attached hydrogens (primary N) is 1. The molecule has 1 amide bonds. The van der Waals surface area contributed by atoms with Crippen molar-refractivity contribution in [2.24, 2.45) is 17.7 Å². The molecule has 0 spiro atoms. The number of hydrogen-bond acceptors (Lipinski definition) is 3. The van der Waals surface area contributed by atoms with E-state index in [-0.39, 0.29) is 11.6 Å². The van der Waals surface area contributed by atoms with Gasteiger partial charge in [0.05, 0.1) is 0 Å². The molecule has 2 saturated carbocycles. The van der Waals surface area contributed by atoms with Gasteiger partial charge in [-0.25, -0.2) is 8.78 Å². The van der Waals surface area contributed by atoms with Crippen LogP contribution in [-0.2, 0) is 0 Å². The first-order valence-electron chi connectivity index (χ1n) is 6.86. The molecule has 4 N–H and O–H groups in total. The van der Waals surface area contributed by atoms with Crippen LogP contribution >= 0.6 is 0 Å². The van der Waals surface area contributed by atoms with Gasteiger partial charge in [0, 0.05) is 11.6 Å². The topological polar surface area (TPSA) is 67.1 Å². The van der Waals surface area contributed by atoms with Gasteiger partial charge in [-0.1, -0.05) is 0 Å². The van der Waals surface area contributed by atoms with Crippen LogP contribution in [0.5, 0.6) is 0 Å². The number of carbonyl (C=O) groups excluding carboxylic acids is 1. The van der Waals surface area contributed by atoms with Crippen molar-refractivity contribution in [2.45, 2.75) is 31.7 Å². The molecular formula is C14H17F2N3O. The van der Waals surface area contributed by atoms with Gasteiger partial charge in [0.1, 0.15) is 5.69 Å². The number of anilines is 1. The molecule has 0 atom stereocenters. The molecule has 2 aliphatic rings. The van der Waals surface area contributed by atoms with Crippen LogP contribution in [-0.4, -0.2) is 11.9 Å². The molecule has 0 saturated heterocycles. The van der Waals surface area contributed by atoms with Crippen molar-refractivity contribution in [3.63, 3.8) is 0 Å². The quantitative estimate of drug-likeness (QED) is 0.572. The molecule has 0 radical (unpaired) electrons. The van der Waals surface area contributed by atoms with E-state index in [1.165, 1.54) is 0 Å².